The summed E-state index contributed by atoms with van der Waals surface area (Å²) in [5.74, 6) is -3.65. The smallest absolute Gasteiger partial charge is 0.346 e. The summed E-state index contributed by atoms with van der Waals surface area (Å²) in [6.45, 7) is -0.663. The van der Waals surface area contributed by atoms with E-state index < -0.39 is 78.4 Å². The number of hydrogen-bond acceptors (Lipinski definition) is 6. The van der Waals surface area contributed by atoms with Crippen LogP contribution in [0.15, 0.2) is 59.6 Å². The summed E-state index contributed by atoms with van der Waals surface area (Å²) >= 11 is 0. The Hall–Kier alpha value is -3.59. The van der Waals surface area contributed by atoms with E-state index in [2.05, 4.69) is 10.3 Å². The SMILES string of the molecule is O=C(NCc1ncccc1C(F)(F)F)c1ccc2c(c1F)C1(CCS(=O)(=O)CC1)C(C1CC1)N2S(=O)(=O)c1ccc(F)cc1. The minimum Gasteiger partial charge on any atom is -0.346 e. The average Bonchev–Trinajstić information content (AvgIpc) is 3.76. The van der Waals surface area contributed by atoms with Gasteiger partial charge in [0.2, 0.25) is 0 Å². The maximum Gasteiger partial charge on any atom is 0.418 e. The lowest BCUT2D eigenvalue weighted by molar-refractivity contribution is -0.138. The number of amides is 1. The molecule has 234 valence electrons. The van der Waals surface area contributed by atoms with Crippen molar-refractivity contribution in [1.29, 1.82) is 0 Å². The fourth-order valence-electron chi connectivity index (χ4n) is 6.52. The molecule has 3 aromatic rings. The van der Waals surface area contributed by atoms with Gasteiger partial charge >= 0.3 is 6.18 Å². The monoisotopic (exact) mass is 655 g/mol. The number of benzene rings is 2. The highest BCUT2D eigenvalue weighted by atomic mass is 32.2. The van der Waals surface area contributed by atoms with Crippen molar-refractivity contribution in [2.24, 2.45) is 5.92 Å². The summed E-state index contributed by atoms with van der Waals surface area (Å²) in [7, 11) is -7.90. The molecule has 1 aromatic heterocycles. The Morgan fingerprint density at radius 1 is 1.02 bits per heavy atom. The van der Waals surface area contributed by atoms with E-state index in [4.69, 9.17) is 0 Å². The quantitative estimate of drug-likeness (QED) is 0.384. The number of carbonyl (C=O) groups is 1. The summed E-state index contributed by atoms with van der Waals surface area (Å²) in [6, 6.07) is 7.52. The first-order chi connectivity index (χ1) is 20.7. The lowest BCUT2D eigenvalue weighted by Gasteiger charge is -2.41. The molecule has 8 nitrogen and oxygen atoms in total. The molecular formula is C29H26F5N3O5S2. The van der Waals surface area contributed by atoms with Crippen LogP contribution in [0.3, 0.4) is 0 Å². The van der Waals surface area contributed by atoms with Gasteiger partial charge in [-0.3, -0.25) is 14.1 Å². The van der Waals surface area contributed by atoms with Gasteiger partial charge in [-0.25, -0.2) is 25.6 Å². The number of hydrogen-bond donors (Lipinski definition) is 1. The first-order valence-electron chi connectivity index (χ1n) is 13.8. The molecule has 1 atom stereocenters. The van der Waals surface area contributed by atoms with Gasteiger partial charge in [0, 0.05) is 17.2 Å². The largest absolute Gasteiger partial charge is 0.418 e. The average molecular weight is 656 g/mol. The van der Waals surface area contributed by atoms with E-state index in [1.807, 2.05) is 0 Å². The van der Waals surface area contributed by atoms with E-state index in [1.165, 1.54) is 6.07 Å². The third-order valence-corrected chi connectivity index (χ3v) is 12.1. The van der Waals surface area contributed by atoms with Gasteiger partial charge in [-0.05, 0) is 80.1 Å². The third kappa shape index (κ3) is 5.13. The molecule has 0 radical (unpaired) electrons. The van der Waals surface area contributed by atoms with Crippen molar-refractivity contribution >= 4 is 31.5 Å². The molecule has 15 heteroatoms. The Balaban J connectivity index is 1.45. The molecule has 1 spiro atoms. The summed E-state index contributed by atoms with van der Waals surface area (Å²) in [5, 5.41) is 2.28. The highest BCUT2D eigenvalue weighted by Crippen LogP contribution is 2.60. The standard InChI is InChI=1S/C29H26F5N3O5S2/c30-18-5-7-19(8-6-18)44(41,42)37-23-10-9-20(27(38)36-16-22-21(29(32,33)34)2-1-13-35-22)25(31)24(23)28(26(37)17-3-4-17)11-14-43(39,40)15-12-28/h1-2,5-10,13,17,26H,3-4,11-12,14-16H2,(H,36,38). The van der Waals surface area contributed by atoms with E-state index in [0.717, 1.165) is 53.0 Å². The van der Waals surface area contributed by atoms with E-state index >= 15 is 4.39 Å². The van der Waals surface area contributed by atoms with Gasteiger partial charge in [0.25, 0.3) is 15.9 Å². The van der Waals surface area contributed by atoms with Crippen LogP contribution in [0.4, 0.5) is 27.6 Å². The molecule has 1 saturated carbocycles. The van der Waals surface area contributed by atoms with Gasteiger partial charge < -0.3 is 5.32 Å². The van der Waals surface area contributed by atoms with Crippen LogP contribution < -0.4 is 9.62 Å². The van der Waals surface area contributed by atoms with Crippen molar-refractivity contribution in [2.45, 2.75) is 54.8 Å². The predicted octanol–water partition coefficient (Wildman–Crippen LogP) is 4.74. The van der Waals surface area contributed by atoms with Crippen LogP contribution in [0.1, 0.15) is 52.9 Å². The lowest BCUT2D eigenvalue weighted by Crippen LogP contribution is -2.52. The van der Waals surface area contributed by atoms with Crippen molar-refractivity contribution in [3.63, 3.8) is 0 Å². The summed E-state index contributed by atoms with van der Waals surface area (Å²) in [5.41, 5.74) is -3.53. The van der Waals surface area contributed by atoms with Crippen molar-refractivity contribution < 1.29 is 43.6 Å². The number of fused-ring (bicyclic) bond motifs is 2. The number of sulfone groups is 1. The normalized spacial score (nSPS) is 20.8. The maximum absolute atomic E-state index is 16.6. The Morgan fingerprint density at radius 2 is 1.68 bits per heavy atom. The summed E-state index contributed by atoms with van der Waals surface area (Å²) in [6.07, 6.45) is -2.57. The fraction of sp³-hybridized carbons (Fsp3) is 0.379. The molecule has 6 rings (SSSR count). The van der Waals surface area contributed by atoms with Crippen LogP contribution in [0.2, 0.25) is 0 Å². The molecule has 2 aromatic carbocycles. The van der Waals surface area contributed by atoms with Crippen LogP contribution in [-0.4, -0.2) is 45.3 Å². The van der Waals surface area contributed by atoms with E-state index in [1.54, 1.807) is 0 Å². The Labute approximate surface area is 250 Å². The Morgan fingerprint density at radius 3 is 2.30 bits per heavy atom. The molecule has 2 fully saturated rings. The van der Waals surface area contributed by atoms with E-state index in [0.29, 0.717) is 12.8 Å². The number of alkyl halides is 3. The number of carbonyl (C=O) groups excluding carboxylic acids is 1. The number of sulfonamides is 1. The predicted molar refractivity (Wildman–Crippen MR) is 149 cm³/mol. The van der Waals surface area contributed by atoms with E-state index in [9.17, 15) is 39.2 Å². The topological polar surface area (TPSA) is 114 Å². The highest BCUT2D eigenvalue weighted by molar-refractivity contribution is 7.93. The van der Waals surface area contributed by atoms with Gasteiger partial charge in [-0.2, -0.15) is 13.2 Å². The molecule has 44 heavy (non-hydrogen) atoms. The molecule has 3 heterocycles. The zero-order chi connectivity index (χ0) is 31.7. The fourth-order valence-corrected chi connectivity index (χ4v) is 9.86. The molecule has 1 unspecified atom stereocenters. The van der Waals surface area contributed by atoms with Crippen LogP contribution in [0.25, 0.3) is 0 Å². The lowest BCUT2D eigenvalue weighted by atomic mass is 9.70. The molecule has 0 bridgehead atoms. The second kappa shape index (κ2) is 10.5. The third-order valence-electron chi connectivity index (χ3n) is 8.69. The maximum atomic E-state index is 16.6. The van der Waals surface area contributed by atoms with E-state index in [-0.39, 0.29) is 46.4 Å². The molecular weight excluding hydrogens is 629 g/mol. The summed E-state index contributed by atoms with van der Waals surface area (Å²) < 4.78 is 125. The molecule has 1 amide bonds. The highest BCUT2D eigenvalue weighted by Gasteiger charge is 2.62. The molecule has 1 aliphatic carbocycles. The van der Waals surface area contributed by atoms with Crippen LogP contribution in [0.5, 0.6) is 0 Å². The minimum absolute atomic E-state index is 0.0522. The number of pyridine rings is 1. The summed E-state index contributed by atoms with van der Waals surface area (Å²) in [4.78, 5) is 16.7. The number of nitrogens with zero attached hydrogens (tertiary/aromatic N) is 2. The van der Waals surface area contributed by atoms with Gasteiger partial charge in [0.15, 0.2) is 0 Å². The zero-order valence-electron chi connectivity index (χ0n) is 22.9. The van der Waals surface area contributed by atoms with Crippen molar-refractivity contribution in [3.05, 3.63) is 88.7 Å². The van der Waals surface area contributed by atoms with Crippen LogP contribution >= 0.6 is 0 Å². The first-order valence-corrected chi connectivity index (χ1v) is 17.0. The molecule has 1 N–H and O–H groups in total. The van der Waals surface area contributed by atoms with Crippen LogP contribution in [-0.2, 0) is 38.0 Å². The zero-order valence-corrected chi connectivity index (χ0v) is 24.6. The van der Waals surface area contributed by atoms with Gasteiger partial charge in [0.05, 0.1) is 51.5 Å². The van der Waals surface area contributed by atoms with Crippen molar-refractivity contribution in [3.8, 4) is 0 Å². The molecule has 2 aliphatic heterocycles. The number of anilines is 1. The van der Waals surface area contributed by atoms with Gasteiger partial charge in [-0.1, -0.05) is 0 Å². The van der Waals surface area contributed by atoms with Crippen molar-refractivity contribution in [1.82, 2.24) is 10.3 Å². The Kier molecular flexibility index (Phi) is 7.26. The first kappa shape index (κ1) is 30.4. The second-order valence-corrected chi connectivity index (χ2v) is 15.5. The number of aromatic nitrogens is 1. The number of nitrogens with one attached hydrogen (secondary N) is 1. The van der Waals surface area contributed by atoms with Gasteiger partial charge in [-0.15, -0.1) is 0 Å². The molecule has 3 aliphatic rings. The van der Waals surface area contributed by atoms with Crippen LogP contribution in [0, 0.1) is 17.6 Å². The molecule has 1 saturated heterocycles. The number of rotatable bonds is 6. The Bertz CT molecular complexity index is 1850. The number of halogens is 5. The van der Waals surface area contributed by atoms with Gasteiger partial charge in [0.1, 0.15) is 21.5 Å². The second-order valence-electron chi connectivity index (χ2n) is 11.3. The van der Waals surface area contributed by atoms with Crippen molar-refractivity contribution in [2.75, 3.05) is 15.8 Å². The minimum atomic E-state index is -4.74.